The predicted octanol–water partition coefficient (Wildman–Crippen LogP) is 8.62. The summed E-state index contributed by atoms with van der Waals surface area (Å²) < 4.78 is 0. The molecule has 0 bridgehead atoms. The normalized spacial score (nSPS) is 25.4. The minimum Gasteiger partial charge on any atom is -0.0844 e. The summed E-state index contributed by atoms with van der Waals surface area (Å²) in [5, 5.41) is 0. The Labute approximate surface area is 181 Å². The van der Waals surface area contributed by atoms with Crippen molar-refractivity contribution in [2.45, 2.75) is 92.9 Å². The molecule has 3 atom stereocenters. The molecular weight excluding hydrogens is 363 g/mol. The Hall–Kier alpha value is -0.716. The van der Waals surface area contributed by atoms with Crippen molar-refractivity contribution < 1.29 is 18.6 Å². The summed E-state index contributed by atoms with van der Waals surface area (Å²) in [6, 6.07) is 8.96. The molecule has 1 fully saturated rings. The zero-order valence-electron chi connectivity index (χ0n) is 18.9. The van der Waals surface area contributed by atoms with E-state index in [0.29, 0.717) is 0 Å². The van der Waals surface area contributed by atoms with Crippen LogP contribution in [0.15, 0.2) is 47.6 Å². The summed E-state index contributed by atoms with van der Waals surface area (Å²) in [5.74, 6) is 2.61. The van der Waals surface area contributed by atoms with Crippen molar-refractivity contribution in [3.05, 3.63) is 58.7 Å². The third-order valence-electron chi connectivity index (χ3n) is 6.19. The van der Waals surface area contributed by atoms with Gasteiger partial charge in [0, 0.05) is 18.6 Å². The Bertz CT molecular complexity index is 582. The number of allylic oxidation sites excluding steroid dienone is 4. The van der Waals surface area contributed by atoms with Gasteiger partial charge in [-0.3, -0.25) is 0 Å². The van der Waals surface area contributed by atoms with E-state index in [1.165, 1.54) is 55.2 Å². The second kappa shape index (κ2) is 14.3. The topological polar surface area (TPSA) is 0 Å². The number of aryl methyl sites for hydroxylation is 1. The van der Waals surface area contributed by atoms with Gasteiger partial charge in [0.05, 0.1) is 0 Å². The van der Waals surface area contributed by atoms with Gasteiger partial charge in [0.2, 0.25) is 0 Å². The summed E-state index contributed by atoms with van der Waals surface area (Å²) in [5.41, 5.74) is 6.12. The van der Waals surface area contributed by atoms with Crippen molar-refractivity contribution in [3.63, 3.8) is 0 Å². The van der Waals surface area contributed by atoms with Crippen molar-refractivity contribution in [2.75, 3.05) is 0 Å². The second-order valence-electron chi connectivity index (χ2n) is 7.78. The van der Waals surface area contributed by atoms with Crippen LogP contribution in [0, 0.1) is 18.8 Å². The van der Waals surface area contributed by atoms with Gasteiger partial charge in [-0.1, -0.05) is 94.5 Å². The van der Waals surface area contributed by atoms with Crippen LogP contribution in [0.5, 0.6) is 0 Å². The molecule has 1 radical (unpaired) electrons. The molecule has 2 aliphatic carbocycles. The Kier molecular flexibility index (Phi) is 13.9. The van der Waals surface area contributed by atoms with E-state index in [9.17, 15) is 0 Å². The van der Waals surface area contributed by atoms with E-state index < -0.39 is 0 Å². The van der Waals surface area contributed by atoms with Gasteiger partial charge in [-0.2, -0.15) is 0 Å². The fourth-order valence-electron chi connectivity index (χ4n) is 4.50. The van der Waals surface area contributed by atoms with Crippen molar-refractivity contribution in [3.8, 4) is 0 Å². The minimum absolute atomic E-state index is 0. The van der Waals surface area contributed by atoms with E-state index >= 15 is 0 Å². The zero-order chi connectivity index (χ0) is 19.5. The predicted molar refractivity (Wildman–Crippen MR) is 119 cm³/mol. The summed E-state index contributed by atoms with van der Waals surface area (Å²) in [4.78, 5) is 0. The zero-order valence-corrected chi connectivity index (χ0v) is 20.3. The molecule has 1 aromatic carbocycles. The van der Waals surface area contributed by atoms with Gasteiger partial charge in [-0.05, 0) is 68.9 Å². The fourth-order valence-corrected chi connectivity index (χ4v) is 4.50. The van der Waals surface area contributed by atoms with Crippen LogP contribution in [-0.2, 0) is 18.6 Å². The third-order valence-corrected chi connectivity index (χ3v) is 6.19. The molecule has 1 saturated carbocycles. The van der Waals surface area contributed by atoms with Crippen LogP contribution in [-0.4, -0.2) is 0 Å². The molecule has 151 valence electrons. The first kappa shape index (κ1) is 26.3. The van der Waals surface area contributed by atoms with Crippen LogP contribution in [0.25, 0.3) is 0 Å². The maximum absolute atomic E-state index is 2.46. The SMILES string of the molecule is C/C=C1/C=C(C)CC1.CC.CC[C@H]1CCC[C@@H](c2ccccc2C)[C@@H]1C.[V]. The van der Waals surface area contributed by atoms with Gasteiger partial charge >= 0.3 is 0 Å². The first-order valence-electron chi connectivity index (χ1n) is 10.9. The Morgan fingerprint density at radius 3 is 2.19 bits per heavy atom. The van der Waals surface area contributed by atoms with Crippen molar-refractivity contribution in [1.29, 1.82) is 0 Å². The van der Waals surface area contributed by atoms with Gasteiger partial charge in [-0.15, -0.1) is 0 Å². The van der Waals surface area contributed by atoms with E-state index in [-0.39, 0.29) is 18.6 Å². The monoisotopic (exact) mass is 405 g/mol. The quantitative estimate of drug-likeness (QED) is 0.462. The molecule has 0 nitrogen and oxygen atoms in total. The second-order valence-corrected chi connectivity index (χ2v) is 7.78. The molecular formula is C26H42V. The average molecular weight is 406 g/mol. The summed E-state index contributed by atoms with van der Waals surface area (Å²) in [6.45, 7) is 15.4. The van der Waals surface area contributed by atoms with E-state index in [1.54, 1.807) is 5.56 Å². The third kappa shape index (κ3) is 8.04. The fraction of sp³-hybridized carbons (Fsp3) is 0.615. The van der Waals surface area contributed by atoms with Crippen molar-refractivity contribution >= 4 is 0 Å². The molecule has 0 heterocycles. The molecule has 0 amide bonds. The van der Waals surface area contributed by atoms with Gasteiger partial charge in [0.25, 0.3) is 0 Å². The molecule has 0 spiro atoms. The Morgan fingerprint density at radius 1 is 1.04 bits per heavy atom. The van der Waals surface area contributed by atoms with E-state index in [2.05, 4.69) is 71.0 Å². The number of benzene rings is 1. The molecule has 0 saturated heterocycles. The molecule has 0 aromatic heterocycles. The van der Waals surface area contributed by atoms with Gasteiger partial charge in [-0.25, -0.2) is 0 Å². The van der Waals surface area contributed by atoms with Crippen molar-refractivity contribution in [2.24, 2.45) is 11.8 Å². The number of hydrogen-bond acceptors (Lipinski definition) is 0. The number of hydrogen-bond donors (Lipinski definition) is 0. The van der Waals surface area contributed by atoms with E-state index in [4.69, 9.17) is 0 Å². The van der Waals surface area contributed by atoms with Crippen LogP contribution in [0.2, 0.25) is 0 Å². The minimum atomic E-state index is 0. The standard InChI is InChI=1S/C16H24.C8H12.C2H6.V/c1-4-14-9-7-11-16(13(14)3)15-10-6-5-8-12(15)2;1-3-8-5-4-7(2)6-8;1-2;/h5-6,8,10,13-14,16H,4,7,9,11H2,1-3H3;3,6H,4-5H2,1-2H3;1-2H3;/b;8-3+;;/t13-,14+,16-;;;/m1.../s1. The number of rotatable bonds is 2. The summed E-state index contributed by atoms with van der Waals surface area (Å²) in [6.07, 6.45) is 12.6. The Morgan fingerprint density at radius 2 is 1.70 bits per heavy atom. The van der Waals surface area contributed by atoms with Crippen LogP contribution in [0.1, 0.15) is 97.1 Å². The maximum atomic E-state index is 2.46. The average Bonchev–Trinajstić information content (AvgIpc) is 3.10. The first-order valence-corrected chi connectivity index (χ1v) is 10.9. The van der Waals surface area contributed by atoms with Gasteiger partial charge < -0.3 is 0 Å². The Balaban J connectivity index is 0.000000522. The molecule has 1 aromatic rings. The van der Waals surface area contributed by atoms with Gasteiger partial charge in [0.1, 0.15) is 0 Å². The maximum Gasteiger partial charge on any atom is 0 e. The van der Waals surface area contributed by atoms with Crippen LogP contribution in [0.3, 0.4) is 0 Å². The largest absolute Gasteiger partial charge is 0.0844 e. The molecule has 1 heteroatoms. The molecule has 2 aliphatic rings. The smallest absolute Gasteiger partial charge is 0 e. The van der Waals surface area contributed by atoms with E-state index in [1.807, 2.05) is 13.8 Å². The first-order chi connectivity index (χ1) is 12.6. The molecule has 3 rings (SSSR count). The van der Waals surface area contributed by atoms with Crippen LogP contribution < -0.4 is 0 Å². The molecule has 0 unspecified atom stereocenters. The summed E-state index contributed by atoms with van der Waals surface area (Å²) >= 11 is 0. The van der Waals surface area contributed by atoms with Crippen LogP contribution >= 0.6 is 0 Å². The molecule has 27 heavy (non-hydrogen) atoms. The molecule has 0 N–H and O–H groups in total. The van der Waals surface area contributed by atoms with E-state index in [0.717, 1.165) is 17.8 Å². The van der Waals surface area contributed by atoms with Crippen molar-refractivity contribution in [1.82, 2.24) is 0 Å². The van der Waals surface area contributed by atoms with Gasteiger partial charge in [0.15, 0.2) is 0 Å². The van der Waals surface area contributed by atoms with Crippen LogP contribution in [0.4, 0.5) is 0 Å². The summed E-state index contributed by atoms with van der Waals surface area (Å²) in [7, 11) is 0. The molecule has 0 aliphatic heterocycles.